The standard InChI is InChI=1S/C23H23BrN2O4/c1-30-23-11-6-19(14-22(23)27)16-25(13-12-17-2-7-20(24)8-3-17)15-18-4-9-21(10-5-18)26(28)29/h2-11,14,27H,12-13,15-16H2,1H3. The van der Waals surface area contributed by atoms with Gasteiger partial charge in [-0.05, 0) is 47.4 Å². The number of nitro benzene ring substituents is 1. The van der Waals surface area contributed by atoms with Gasteiger partial charge in [0, 0.05) is 36.2 Å². The number of halogens is 1. The minimum atomic E-state index is -0.394. The molecule has 0 saturated carbocycles. The number of methoxy groups -OCH3 is 1. The van der Waals surface area contributed by atoms with Gasteiger partial charge in [-0.3, -0.25) is 15.0 Å². The van der Waals surface area contributed by atoms with Crippen molar-refractivity contribution in [3.05, 3.63) is 98.0 Å². The molecule has 0 aliphatic carbocycles. The summed E-state index contributed by atoms with van der Waals surface area (Å²) in [6.45, 7) is 2.07. The number of phenolic OH excluding ortho intramolecular Hbond substituents is 1. The van der Waals surface area contributed by atoms with Crippen molar-refractivity contribution >= 4 is 21.6 Å². The van der Waals surface area contributed by atoms with Crippen molar-refractivity contribution in [2.75, 3.05) is 13.7 Å². The average Bonchev–Trinajstić information content (AvgIpc) is 2.73. The Bertz CT molecular complexity index is 991. The van der Waals surface area contributed by atoms with Gasteiger partial charge in [0.2, 0.25) is 0 Å². The van der Waals surface area contributed by atoms with Crippen LogP contribution in [0.15, 0.2) is 71.2 Å². The van der Waals surface area contributed by atoms with Crippen molar-refractivity contribution in [1.82, 2.24) is 4.90 Å². The maximum atomic E-state index is 10.9. The summed E-state index contributed by atoms with van der Waals surface area (Å²) in [5.41, 5.74) is 3.27. The topological polar surface area (TPSA) is 75.8 Å². The zero-order valence-corrected chi connectivity index (χ0v) is 18.2. The lowest BCUT2D eigenvalue weighted by Crippen LogP contribution is -2.25. The molecule has 0 radical (unpaired) electrons. The van der Waals surface area contributed by atoms with E-state index >= 15 is 0 Å². The lowest BCUT2D eigenvalue weighted by molar-refractivity contribution is -0.384. The van der Waals surface area contributed by atoms with Gasteiger partial charge in [0.1, 0.15) is 0 Å². The summed E-state index contributed by atoms with van der Waals surface area (Å²) in [5.74, 6) is 0.550. The van der Waals surface area contributed by atoms with Gasteiger partial charge in [-0.2, -0.15) is 0 Å². The van der Waals surface area contributed by atoms with E-state index in [1.807, 2.05) is 18.2 Å². The van der Waals surface area contributed by atoms with Gasteiger partial charge in [-0.25, -0.2) is 0 Å². The molecule has 0 spiro atoms. The van der Waals surface area contributed by atoms with Crippen molar-refractivity contribution in [3.8, 4) is 11.5 Å². The zero-order valence-electron chi connectivity index (χ0n) is 16.6. The predicted octanol–water partition coefficient (Wildman–Crippen LogP) is 5.32. The van der Waals surface area contributed by atoms with Crippen LogP contribution in [0.25, 0.3) is 0 Å². The van der Waals surface area contributed by atoms with E-state index in [4.69, 9.17) is 4.74 Å². The molecule has 3 aromatic rings. The van der Waals surface area contributed by atoms with Crippen molar-refractivity contribution in [3.63, 3.8) is 0 Å². The van der Waals surface area contributed by atoms with Gasteiger partial charge in [-0.1, -0.05) is 46.3 Å². The fraction of sp³-hybridized carbons (Fsp3) is 0.217. The Morgan fingerprint density at radius 3 is 2.17 bits per heavy atom. The van der Waals surface area contributed by atoms with E-state index in [-0.39, 0.29) is 11.4 Å². The molecule has 30 heavy (non-hydrogen) atoms. The third-order valence-electron chi connectivity index (χ3n) is 4.83. The first kappa shape index (κ1) is 21.8. The summed E-state index contributed by atoms with van der Waals surface area (Å²) in [5, 5.41) is 21.0. The first-order valence-electron chi connectivity index (χ1n) is 9.50. The number of hydrogen-bond acceptors (Lipinski definition) is 5. The number of ether oxygens (including phenoxy) is 1. The van der Waals surface area contributed by atoms with Gasteiger partial charge in [0.25, 0.3) is 5.69 Å². The fourth-order valence-electron chi connectivity index (χ4n) is 3.23. The fourth-order valence-corrected chi connectivity index (χ4v) is 3.49. The Morgan fingerprint density at radius 2 is 1.57 bits per heavy atom. The summed E-state index contributed by atoms with van der Waals surface area (Å²) in [4.78, 5) is 12.8. The summed E-state index contributed by atoms with van der Waals surface area (Å²) in [6.07, 6.45) is 0.863. The predicted molar refractivity (Wildman–Crippen MR) is 120 cm³/mol. The Kier molecular flexibility index (Phi) is 7.43. The highest BCUT2D eigenvalue weighted by Gasteiger charge is 2.12. The molecular weight excluding hydrogens is 448 g/mol. The van der Waals surface area contributed by atoms with E-state index in [2.05, 4.69) is 33.0 Å². The Morgan fingerprint density at radius 1 is 0.967 bits per heavy atom. The van der Waals surface area contributed by atoms with Crippen LogP contribution in [-0.2, 0) is 19.5 Å². The minimum Gasteiger partial charge on any atom is -0.504 e. The Balaban J connectivity index is 1.75. The van der Waals surface area contributed by atoms with Gasteiger partial charge in [-0.15, -0.1) is 0 Å². The molecule has 3 aromatic carbocycles. The number of rotatable bonds is 9. The van der Waals surface area contributed by atoms with Gasteiger partial charge < -0.3 is 9.84 Å². The molecule has 0 fully saturated rings. The number of phenols is 1. The summed E-state index contributed by atoms with van der Waals surface area (Å²) < 4.78 is 6.17. The highest BCUT2D eigenvalue weighted by atomic mass is 79.9. The minimum absolute atomic E-state index is 0.0836. The van der Waals surface area contributed by atoms with Crippen LogP contribution in [0.3, 0.4) is 0 Å². The molecule has 0 bridgehead atoms. The molecule has 7 heteroatoms. The van der Waals surface area contributed by atoms with Gasteiger partial charge >= 0.3 is 0 Å². The zero-order chi connectivity index (χ0) is 21.5. The molecule has 6 nitrogen and oxygen atoms in total. The molecule has 0 aliphatic heterocycles. The van der Waals surface area contributed by atoms with Crippen molar-refractivity contribution in [2.45, 2.75) is 19.5 Å². The normalized spacial score (nSPS) is 10.9. The molecule has 0 unspecified atom stereocenters. The van der Waals surface area contributed by atoms with Crippen molar-refractivity contribution < 1.29 is 14.8 Å². The highest BCUT2D eigenvalue weighted by molar-refractivity contribution is 9.10. The van der Waals surface area contributed by atoms with E-state index < -0.39 is 4.92 Å². The van der Waals surface area contributed by atoms with Crippen LogP contribution in [0, 0.1) is 10.1 Å². The SMILES string of the molecule is COc1ccc(CN(CCc2ccc(Br)cc2)Cc2ccc([N+](=O)[O-])cc2)cc1O. The number of hydrogen-bond donors (Lipinski definition) is 1. The van der Waals surface area contributed by atoms with Crippen LogP contribution in [0.5, 0.6) is 11.5 Å². The van der Waals surface area contributed by atoms with E-state index in [1.165, 1.54) is 24.8 Å². The third kappa shape index (κ3) is 6.05. The van der Waals surface area contributed by atoms with Crippen LogP contribution in [-0.4, -0.2) is 28.6 Å². The molecule has 0 atom stereocenters. The number of nitrogens with zero attached hydrogens (tertiary/aromatic N) is 2. The quantitative estimate of drug-likeness (QED) is 0.338. The average molecular weight is 471 g/mol. The number of non-ortho nitro benzene ring substituents is 1. The van der Waals surface area contributed by atoms with Gasteiger partial charge in [0.15, 0.2) is 11.5 Å². The first-order chi connectivity index (χ1) is 14.4. The molecule has 0 heterocycles. The van der Waals surface area contributed by atoms with Crippen LogP contribution >= 0.6 is 15.9 Å². The molecule has 0 amide bonds. The van der Waals surface area contributed by atoms with Crippen LogP contribution < -0.4 is 4.74 Å². The largest absolute Gasteiger partial charge is 0.504 e. The Hall–Kier alpha value is -2.90. The second kappa shape index (κ2) is 10.2. The van der Waals surface area contributed by atoms with E-state index in [0.717, 1.165) is 28.6 Å². The second-order valence-electron chi connectivity index (χ2n) is 7.02. The van der Waals surface area contributed by atoms with Crippen LogP contribution in [0.4, 0.5) is 5.69 Å². The number of aromatic hydroxyl groups is 1. The summed E-state index contributed by atoms with van der Waals surface area (Å²) >= 11 is 3.46. The monoisotopic (exact) mass is 470 g/mol. The second-order valence-corrected chi connectivity index (χ2v) is 7.93. The highest BCUT2D eigenvalue weighted by Crippen LogP contribution is 2.27. The maximum Gasteiger partial charge on any atom is 0.269 e. The van der Waals surface area contributed by atoms with E-state index in [1.54, 1.807) is 24.3 Å². The molecule has 0 saturated heterocycles. The molecule has 0 aromatic heterocycles. The van der Waals surface area contributed by atoms with E-state index in [9.17, 15) is 15.2 Å². The maximum absolute atomic E-state index is 10.9. The molecule has 0 aliphatic rings. The Labute approximate surface area is 184 Å². The molecule has 3 rings (SSSR count). The van der Waals surface area contributed by atoms with Gasteiger partial charge in [0.05, 0.1) is 12.0 Å². The van der Waals surface area contributed by atoms with Crippen molar-refractivity contribution in [1.29, 1.82) is 0 Å². The first-order valence-corrected chi connectivity index (χ1v) is 10.3. The lowest BCUT2D eigenvalue weighted by atomic mass is 10.1. The third-order valence-corrected chi connectivity index (χ3v) is 5.36. The number of nitro groups is 1. The van der Waals surface area contributed by atoms with Crippen LogP contribution in [0.2, 0.25) is 0 Å². The summed E-state index contributed by atoms with van der Waals surface area (Å²) in [6, 6.07) is 20.3. The summed E-state index contributed by atoms with van der Waals surface area (Å²) in [7, 11) is 1.52. The van der Waals surface area contributed by atoms with E-state index in [0.29, 0.717) is 18.8 Å². The van der Waals surface area contributed by atoms with Crippen LogP contribution in [0.1, 0.15) is 16.7 Å². The smallest absolute Gasteiger partial charge is 0.269 e. The molecule has 1 N–H and O–H groups in total. The molecule has 156 valence electrons. The van der Waals surface area contributed by atoms with Crippen molar-refractivity contribution in [2.24, 2.45) is 0 Å². The lowest BCUT2D eigenvalue weighted by Gasteiger charge is -2.23. The number of benzene rings is 3. The molecular formula is C23H23BrN2O4.